The van der Waals surface area contributed by atoms with Gasteiger partial charge in [0.05, 0.1) is 13.1 Å². The number of halogens is 1. The van der Waals surface area contributed by atoms with Crippen LogP contribution in [0.15, 0.2) is 42.5 Å². The molecule has 2 aromatic rings. The number of aryl methyl sites for hydroxylation is 1. The first kappa shape index (κ1) is 22.1. The Morgan fingerprint density at radius 2 is 1.80 bits per heavy atom. The van der Waals surface area contributed by atoms with Crippen LogP contribution in [0.1, 0.15) is 16.7 Å². The van der Waals surface area contributed by atoms with Crippen LogP contribution in [0.4, 0.5) is 5.69 Å². The molecule has 0 bridgehead atoms. The number of nitrogens with zero attached hydrogens (tertiary/aromatic N) is 3. The van der Waals surface area contributed by atoms with Gasteiger partial charge >= 0.3 is 0 Å². The van der Waals surface area contributed by atoms with Crippen molar-refractivity contribution in [2.45, 2.75) is 20.0 Å². The van der Waals surface area contributed by atoms with E-state index in [1.165, 1.54) is 11.1 Å². The molecule has 3 rings (SSSR count). The van der Waals surface area contributed by atoms with Gasteiger partial charge in [-0.1, -0.05) is 41.9 Å². The van der Waals surface area contributed by atoms with E-state index in [9.17, 15) is 9.59 Å². The van der Waals surface area contributed by atoms with E-state index in [4.69, 9.17) is 17.3 Å². The summed E-state index contributed by atoms with van der Waals surface area (Å²) in [5, 5.41) is 6.96. The van der Waals surface area contributed by atoms with E-state index >= 15 is 0 Å². The quantitative estimate of drug-likeness (QED) is 0.670. The number of fused-ring (bicyclic) bond motifs is 1. The maximum Gasteiger partial charge on any atom is 0.256 e. The van der Waals surface area contributed by atoms with Crippen LogP contribution in [0.2, 0.25) is 5.02 Å². The average Bonchev–Trinajstić information content (AvgIpc) is 3.17. The standard InChI is InChI=1S/C22H28ClN5O2/c1-16-7-8-19(23)11-20(16)27(14-21(29)25-10-9-24)15-22(30)26(2)28-12-17-5-3-4-6-18(17)13-28/h3-8,11H,9-10,12-15,24H2,1-2H3,(H,25,29). The predicted molar refractivity (Wildman–Crippen MR) is 119 cm³/mol. The third-order valence-corrected chi connectivity index (χ3v) is 5.48. The van der Waals surface area contributed by atoms with Crippen LogP contribution < -0.4 is 16.0 Å². The smallest absolute Gasteiger partial charge is 0.256 e. The molecule has 0 atom stereocenters. The summed E-state index contributed by atoms with van der Waals surface area (Å²) in [7, 11) is 1.77. The minimum Gasteiger partial charge on any atom is -0.353 e. The summed E-state index contributed by atoms with van der Waals surface area (Å²) in [6.07, 6.45) is 0. The fraction of sp³-hybridized carbons (Fsp3) is 0.364. The zero-order chi connectivity index (χ0) is 21.7. The number of rotatable bonds is 8. The fourth-order valence-corrected chi connectivity index (χ4v) is 3.71. The van der Waals surface area contributed by atoms with E-state index in [0.717, 1.165) is 11.3 Å². The van der Waals surface area contributed by atoms with Gasteiger partial charge in [-0.3, -0.25) is 14.6 Å². The molecule has 30 heavy (non-hydrogen) atoms. The molecule has 7 nitrogen and oxygen atoms in total. The van der Waals surface area contributed by atoms with Crippen LogP contribution in [0, 0.1) is 6.92 Å². The molecule has 8 heteroatoms. The number of nitrogens with one attached hydrogen (secondary N) is 1. The van der Waals surface area contributed by atoms with Gasteiger partial charge in [-0.2, -0.15) is 0 Å². The molecule has 2 aromatic carbocycles. The number of likely N-dealkylation sites (N-methyl/N-ethyl adjacent to an activating group) is 1. The summed E-state index contributed by atoms with van der Waals surface area (Å²) in [4.78, 5) is 27.2. The maximum absolute atomic E-state index is 13.1. The van der Waals surface area contributed by atoms with Crippen molar-refractivity contribution in [3.05, 3.63) is 64.2 Å². The number of amides is 2. The molecule has 0 aromatic heterocycles. The number of carbonyl (C=O) groups excluding carboxylic acids is 2. The number of nitrogens with two attached hydrogens (primary N) is 1. The Labute approximate surface area is 182 Å². The molecular formula is C22H28ClN5O2. The van der Waals surface area contributed by atoms with Crippen LogP contribution in [-0.4, -0.2) is 55.1 Å². The predicted octanol–water partition coefficient (Wildman–Crippen LogP) is 1.92. The van der Waals surface area contributed by atoms with Gasteiger partial charge in [0.2, 0.25) is 5.91 Å². The van der Waals surface area contributed by atoms with Crippen molar-refractivity contribution < 1.29 is 9.59 Å². The van der Waals surface area contributed by atoms with E-state index < -0.39 is 0 Å². The molecule has 0 aliphatic carbocycles. The van der Waals surface area contributed by atoms with Gasteiger partial charge in [-0.05, 0) is 35.7 Å². The lowest BCUT2D eigenvalue weighted by atomic mass is 10.1. The van der Waals surface area contributed by atoms with Crippen LogP contribution >= 0.6 is 11.6 Å². The Kier molecular flexibility index (Phi) is 7.31. The van der Waals surface area contributed by atoms with E-state index in [2.05, 4.69) is 17.4 Å². The first-order valence-electron chi connectivity index (χ1n) is 9.95. The number of hydrogen-bond acceptors (Lipinski definition) is 5. The maximum atomic E-state index is 13.1. The highest BCUT2D eigenvalue weighted by Crippen LogP contribution is 2.26. The number of benzene rings is 2. The molecule has 160 valence electrons. The second-order valence-corrected chi connectivity index (χ2v) is 7.87. The van der Waals surface area contributed by atoms with Crippen molar-refractivity contribution in [2.24, 2.45) is 5.73 Å². The van der Waals surface area contributed by atoms with E-state index in [-0.39, 0.29) is 24.9 Å². The van der Waals surface area contributed by atoms with Gasteiger partial charge < -0.3 is 16.0 Å². The Morgan fingerprint density at radius 1 is 1.13 bits per heavy atom. The molecule has 0 saturated carbocycles. The second-order valence-electron chi connectivity index (χ2n) is 7.43. The molecular weight excluding hydrogens is 402 g/mol. The Bertz CT molecular complexity index is 895. The van der Waals surface area contributed by atoms with Crippen molar-refractivity contribution in [2.75, 3.05) is 38.1 Å². The van der Waals surface area contributed by atoms with Crippen molar-refractivity contribution in [3.63, 3.8) is 0 Å². The van der Waals surface area contributed by atoms with Crippen LogP contribution in [-0.2, 0) is 22.7 Å². The highest BCUT2D eigenvalue weighted by molar-refractivity contribution is 6.30. The lowest BCUT2D eigenvalue weighted by Crippen LogP contribution is -2.48. The molecule has 0 spiro atoms. The molecule has 1 aliphatic heterocycles. The third kappa shape index (κ3) is 5.30. The third-order valence-electron chi connectivity index (χ3n) is 5.25. The first-order valence-corrected chi connectivity index (χ1v) is 10.3. The lowest BCUT2D eigenvalue weighted by Gasteiger charge is -2.32. The van der Waals surface area contributed by atoms with Gasteiger partial charge in [0.25, 0.3) is 5.91 Å². The molecule has 1 aliphatic rings. The zero-order valence-electron chi connectivity index (χ0n) is 17.4. The molecule has 3 N–H and O–H groups in total. The van der Waals surface area contributed by atoms with Crippen LogP contribution in [0.5, 0.6) is 0 Å². The van der Waals surface area contributed by atoms with Gasteiger partial charge in [0.1, 0.15) is 0 Å². The number of hydrazine groups is 1. The molecule has 0 unspecified atom stereocenters. The van der Waals surface area contributed by atoms with Crippen LogP contribution in [0.25, 0.3) is 0 Å². The van der Waals surface area contributed by atoms with Crippen molar-refractivity contribution in [1.29, 1.82) is 0 Å². The molecule has 0 saturated heterocycles. The molecule has 0 radical (unpaired) electrons. The highest BCUT2D eigenvalue weighted by atomic mass is 35.5. The Balaban J connectivity index is 1.74. The number of hydrogen-bond donors (Lipinski definition) is 2. The first-order chi connectivity index (χ1) is 14.4. The van der Waals surface area contributed by atoms with Gasteiger partial charge in [0, 0.05) is 43.9 Å². The van der Waals surface area contributed by atoms with Gasteiger partial charge in [-0.15, -0.1) is 0 Å². The average molecular weight is 430 g/mol. The summed E-state index contributed by atoms with van der Waals surface area (Å²) in [5.41, 5.74) is 9.62. The second kappa shape index (κ2) is 9.93. The van der Waals surface area contributed by atoms with Gasteiger partial charge in [0.15, 0.2) is 0 Å². The normalized spacial score (nSPS) is 13.1. The van der Waals surface area contributed by atoms with Gasteiger partial charge in [-0.25, -0.2) is 5.01 Å². The van der Waals surface area contributed by atoms with E-state index in [1.54, 1.807) is 29.1 Å². The zero-order valence-corrected chi connectivity index (χ0v) is 18.2. The van der Waals surface area contributed by atoms with E-state index in [1.807, 2.05) is 30.1 Å². The van der Waals surface area contributed by atoms with Crippen molar-refractivity contribution in [1.82, 2.24) is 15.3 Å². The topological polar surface area (TPSA) is 81.9 Å². The molecule has 0 fully saturated rings. The molecule has 1 heterocycles. The summed E-state index contributed by atoms with van der Waals surface area (Å²) in [6.45, 7) is 4.15. The minimum absolute atomic E-state index is 0.0426. The summed E-state index contributed by atoms with van der Waals surface area (Å²) < 4.78 is 0. The summed E-state index contributed by atoms with van der Waals surface area (Å²) in [5.74, 6) is -0.294. The monoisotopic (exact) mass is 429 g/mol. The van der Waals surface area contributed by atoms with Crippen molar-refractivity contribution in [3.8, 4) is 0 Å². The Hall–Kier alpha value is -2.61. The number of anilines is 1. The number of carbonyl (C=O) groups is 2. The SMILES string of the molecule is Cc1ccc(Cl)cc1N(CC(=O)NCCN)CC(=O)N(C)N1Cc2ccccc2C1. The van der Waals surface area contributed by atoms with Crippen LogP contribution in [0.3, 0.4) is 0 Å². The largest absolute Gasteiger partial charge is 0.353 e. The fourth-order valence-electron chi connectivity index (χ4n) is 3.54. The van der Waals surface area contributed by atoms with Crippen molar-refractivity contribution >= 4 is 29.1 Å². The van der Waals surface area contributed by atoms with E-state index in [0.29, 0.717) is 31.2 Å². The summed E-state index contributed by atoms with van der Waals surface area (Å²) in [6, 6.07) is 13.6. The summed E-state index contributed by atoms with van der Waals surface area (Å²) >= 11 is 6.19. The minimum atomic E-state index is -0.191. The lowest BCUT2D eigenvalue weighted by molar-refractivity contribution is -0.145. The Morgan fingerprint density at radius 3 is 2.43 bits per heavy atom. The molecule has 2 amide bonds. The highest BCUT2D eigenvalue weighted by Gasteiger charge is 2.27.